The number of halogens is 2. The minimum Gasteiger partial charge on any atom is -1.00 e. The first kappa shape index (κ1) is 21.3. The topological polar surface area (TPSA) is 0 Å². The van der Waals surface area contributed by atoms with E-state index in [0.29, 0.717) is 7.44 Å². The Morgan fingerprint density at radius 3 is 1.14 bits per heavy atom. The normalized spacial score (nSPS) is 31.4. The first-order valence-corrected chi connectivity index (χ1v) is 8.72. The van der Waals surface area contributed by atoms with Crippen LogP contribution in [0.2, 0.25) is 7.44 Å². The van der Waals surface area contributed by atoms with E-state index in [1.54, 1.807) is 11.1 Å². The molecule has 0 nitrogen and oxygen atoms in total. The molecule has 2 rings (SSSR count). The summed E-state index contributed by atoms with van der Waals surface area (Å²) in [6, 6.07) is 0. The Morgan fingerprint density at radius 2 is 0.952 bits per heavy atom. The van der Waals surface area contributed by atoms with Crippen LogP contribution in [0.1, 0.15) is 55.4 Å². The Balaban J connectivity index is 0.00000200. The van der Waals surface area contributed by atoms with Gasteiger partial charge in [-0.25, -0.2) is 0 Å². The molecule has 21 heavy (non-hydrogen) atoms. The molecule has 0 fully saturated rings. The van der Waals surface area contributed by atoms with Gasteiger partial charge in [0.05, 0.1) is 0 Å². The van der Waals surface area contributed by atoms with Crippen LogP contribution in [0.5, 0.6) is 0 Å². The zero-order valence-electron chi connectivity index (χ0n) is 14.4. The summed E-state index contributed by atoms with van der Waals surface area (Å²) in [7, 11) is 0. The molecule has 0 heterocycles. The molecular formula is C18H26Cl2Ti. The summed E-state index contributed by atoms with van der Waals surface area (Å²) >= 11 is -0.169. The third-order valence-corrected chi connectivity index (χ3v) is 8.64. The number of hydrogen-bond donors (Lipinski definition) is 0. The van der Waals surface area contributed by atoms with Crippen LogP contribution in [0.3, 0.4) is 0 Å². The summed E-state index contributed by atoms with van der Waals surface area (Å²) < 4.78 is 0.678. The Morgan fingerprint density at radius 1 is 0.667 bits per heavy atom. The quantitative estimate of drug-likeness (QED) is 0.609. The van der Waals surface area contributed by atoms with Crippen LogP contribution in [-0.4, -0.2) is 0 Å². The molecule has 0 saturated heterocycles. The van der Waals surface area contributed by atoms with Crippen molar-refractivity contribution in [1.82, 2.24) is 0 Å². The minimum absolute atomic E-state index is 0. The standard InChI is InChI=1S/2C9H13.2ClH.Ti/c2*1-6-5-7(2)9(4)8(6)3;;;/h2*5H,1-4H3;2*1H;/q;;;;+2/p-2. The SMILES string of the molecule is CC1=C[C](C)([Ti+2][C]2(C)C=C(C)C(C)=C2C)C(C)=C1C.[Cl-].[Cl-]. The maximum absolute atomic E-state index is 2.53. The number of hydrogen-bond acceptors (Lipinski definition) is 0. The van der Waals surface area contributed by atoms with Gasteiger partial charge in [0.1, 0.15) is 0 Å². The second-order valence-corrected chi connectivity index (χ2v) is 10.3. The molecule has 0 aliphatic heterocycles. The molecule has 3 heteroatoms. The van der Waals surface area contributed by atoms with Gasteiger partial charge in [-0.2, -0.15) is 0 Å². The summed E-state index contributed by atoms with van der Waals surface area (Å²) in [5.41, 5.74) is 9.23. The van der Waals surface area contributed by atoms with Crippen molar-refractivity contribution in [3.63, 3.8) is 0 Å². The smallest absolute Gasteiger partial charge is 1.00 e. The average molecular weight is 361 g/mol. The maximum atomic E-state index is 2.53. The molecule has 0 spiro atoms. The Labute approximate surface area is 152 Å². The molecule has 116 valence electrons. The van der Waals surface area contributed by atoms with Crippen LogP contribution in [0.25, 0.3) is 0 Å². The van der Waals surface area contributed by atoms with Crippen LogP contribution in [-0.2, 0) is 19.2 Å². The maximum Gasteiger partial charge on any atom is -1.00 e. The van der Waals surface area contributed by atoms with Crippen molar-refractivity contribution in [2.24, 2.45) is 0 Å². The van der Waals surface area contributed by atoms with E-state index < -0.39 is 0 Å². The van der Waals surface area contributed by atoms with Crippen molar-refractivity contribution in [3.8, 4) is 0 Å². The van der Waals surface area contributed by atoms with Crippen molar-refractivity contribution in [2.75, 3.05) is 0 Å². The third-order valence-electron chi connectivity index (χ3n) is 5.40. The van der Waals surface area contributed by atoms with Crippen molar-refractivity contribution in [1.29, 1.82) is 0 Å². The fourth-order valence-corrected chi connectivity index (χ4v) is 7.23. The largest absolute Gasteiger partial charge is 1.00 e. The zero-order valence-corrected chi connectivity index (χ0v) is 17.5. The second-order valence-electron chi connectivity index (χ2n) is 6.68. The molecule has 2 unspecified atom stereocenters. The zero-order chi connectivity index (χ0) is 14.6. The Kier molecular flexibility index (Phi) is 6.87. The van der Waals surface area contributed by atoms with E-state index in [0.717, 1.165) is 0 Å². The van der Waals surface area contributed by atoms with Gasteiger partial charge in [-0.05, 0) is 0 Å². The molecular weight excluding hydrogens is 335 g/mol. The molecule has 0 N–H and O–H groups in total. The van der Waals surface area contributed by atoms with E-state index in [1.807, 2.05) is 0 Å². The van der Waals surface area contributed by atoms with Gasteiger partial charge in [-0.3, -0.25) is 0 Å². The first-order chi connectivity index (χ1) is 8.61. The van der Waals surface area contributed by atoms with Gasteiger partial charge in [-0.1, -0.05) is 0 Å². The average Bonchev–Trinajstić information content (AvgIpc) is 2.61. The minimum atomic E-state index is -0.169. The monoisotopic (exact) mass is 360 g/mol. The van der Waals surface area contributed by atoms with Gasteiger partial charge in [0, 0.05) is 0 Å². The summed E-state index contributed by atoms with van der Waals surface area (Å²) in [4.78, 5) is 0. The second kappa shape index (κ2) is 6.79. The summed E-state index contributed by atoms with van der Waals surface area (Å²) in [5.74, 6) is 0. The predicted octanol–water partition coefficient (Wildman–Crippen LogP) is 0.0267. The Bertz CT molecular complexity index is 516. The van der Waals surface area contributed by atoms with E-state index in [1.165, 1.54) is 22.3 Å². The van der Waals surface area contributed by atoms with Crippen molar-refractivity contribution in [2.45, 2.75) is 62.8 Å². The van der Waals surface area contributed by atoms with Gasteiger partial charge in [-0.15, -0.1) is 0 Å². The van der Waals surface area contributed by atoms with E-state index >= 15 is 0 Å². The van der Waals surface area contributed by atoms with E-state index in [-0.39, 0.29) is 44.0 Å². The molecule has 0 aromatic carbocycles. The predicted molar refractivity (Wildman–Crippen MR) is 81.0 cm³/mol. The van der Waals surface area contributed by atoms with Crippen molar-refractivity contribution < 1.29 is 44.0 Å². The molecule has 2 aliphatic rings. The van der Waals surface area contributed by atoms with Gasteiger partial charge in [0.25, 0.3) is 0 Å². The summed E-state index contributed by atoms with van der Waals surface area (Å²) in [6.45, 7) is 18.7. The van der Waals surface area contributed by atoms with E-state index in [2.05, 4.69) is 67.5 Å². The molecule has 2 aliphatic carbocycles. The number of rotatable bonds is 2. The van der Waals surface area contributed by atoms with Crippen LogP contribution < -0.4 is 24.8 Å². The van der Waals surface area contributed by atoms with Crippen molar-refractivity contribution >= 4 is 0 Å². The molecule has 2 atom stereocenters. The molecule has 0 amide bonds. The first-order valence-electron chi connectivity index (χ1n) is 7.15. The van der Waals surface area contributed by atoms with Gasteiger partial charge in [0.15, 0.2) is 0 Å². The number of allylic oxidation sites excluding steroid dienone is 8. The van der Waals surface area contributed by atoms with Gasteiger partial charge >= 0.3 is 128 Å². The van der Waals surface area contributed by atoms with Crippen LogP contribution in [0.4, 0.5) is 0 Å². The van der Waals surface area contributed by atoms with Crippen LogP contribution in [0, 0.1) is 0 Å². The third kappa shape index (κ3) is 3.45. The molecule has 0 saturated carbocycles. The summed E-state index contributed by atoms with van der Waals surface area (Å²) in [6.07, 6.45) is 5.07. The Hall–Kier alpha value is 0.254. The van der Waals surface area contributed by atoms with Gasteiger partial charge in [0.2, 0.25) is 0 Å². The van der Waals surface area contributed by atoms with Crippen LogP contribution in [0.15, 0.2) is 45.6 Å². The summed E-state index contributed by atoms with van der Waals surface area (Å²) in [5, 5.41) is 0. The van der Waals surface area contributed by atoms with E-state index in [4.69, 9.17) is 0 Å². The molecule has 0 aromatic heterocycles. The molecule has 0 bridgehead atoms. The van der Waals surface area contributed by atoms with Crippen molar-refractivity contribution in [3.05, 3.63) is 45.6 Å². The molecule has 0 aromatic rings. The molecule has 0 radical (unpaired) electrons. The van der Waals surface area contributed by atoms with E-state index in [9.17, 15) is 0 Å². The van der Waals surface area contributed by atoms with Crippen LogP contribution >= 0.6 is 0 Å². The van der Waals surface area contributed by atoms with Gasteiger partial charge < -0.3 is 24.8 Å². The fraction of sp³-hybridized carbons (Fsp3) is 0.556. The fourth-order valence-electron chi connectivity index (χ4n) is 3.47.